The topological polar surface area (TPSA) is 95.5 Å². The van der Waals surface area contributed by atoms with Gasteiger partial charge in [0.1, 0.15) is 5.75 Å². The average molecular weight is 439 g/mol. The van der Waals surface area contributed by atoms with Gasteiger partial charge in [-0.05, 0) is 79.8 Å². The summed E-state index contributed by atoms with van der Waals surface area (Å²) in [5.41, 5.74) is 3.51. The number of phenolic OH excluding ortho intramolecular Hbond substituents is 1. The van der Waals surface area contributed by atoms with Gasteiger partial charge in [-0.15, -0.1) is 0 Å². The lowest BCUT2D eigenvalue weighted by Gasteiger charge is -2.12. The van der Waals surface area contributed by atoms with Crippen molar-refractivity contribution in [2.45, 2.75) is 31.6 Å². The number of anilines is 1. The van der Waals surface area contributed by atoms with Crippen LogP contribution in [0.25, 0.3) is 0 Å². The van der Waals surface area contributed by atoms with E-state index in [-0.39, 0.29) is 16.6 Å². The van der Waals surface area contributed by atoms with E-state index < -0.39 is 10.0 Å². The molecule has 1 amide bonds. The maximum atomic E-state index is 12.8. The predicted octanol–water partition coefficient (Wildman–Crippen LogP) is 4.17. The van der Waals surface area contributed by atoms with Crippen LogP contribution >= 0.6 is 0 Å². The van der Waals surface area contributed by atoms with E-state index in [2.05, 4.69) is 10.0 Å². The van der Waals surface area contributed by atoms with E-state index in [4.69, 9.17) is 0 Å². The number of hydrogen-bond acceptors (Lipinski definition) is 4. The van der Waals surface area contributed by atoms with E-state index in [1.54, 1.807) is 43.3 Å². The second kappa shape index (κ2) is 9.66. The molecule has 0 aromatic heterocycles. The van der Waals surface area contributed by atoms with Gasteiger partial charge in [0.25, 0.3) is 15.9 Å². The van der Waals surface area contributed by atoms with E-state index in [0.717, 1.165) is 24.0 Å². The number of hydrogen-bond donors (Lipinski definition) is 3. The Bertz CT molecular complexity index is 1170. The molecule has 0 radical (unpaired) electrons. The van der Waals surface area contributed by atoms with Gasteiger partial charge in [0.15, 0.2) is 0 Å². The molecule has 0 bridgehead atoms. The number of nitrogens with one attached hydrogen (secondary N) is 2. The Labute approximate surface area is 183 Å². The monoisotopic (exact) mass is 438 g/mol. The van der Waals surface area contributed by atoms with Crippen molar-refractivity contribution in [3.05, 3.63) is 89.0 Å². The molecular formula is C24H26N2O4S. The second-order valence-corrected chi connectivity index (χ2v) is 9.16. The highest BCUT2D eigenvalue weighted by atomic mass is 32.2. The lowest BCUT2D eigenvalue weighted by atomic mass is 10.1. The quantitative estimate of drug-likeness (QED) is 0.460. The maximum Gasteiger partial charge on any atom is 0.261 e. The first kappa shape index (κ1) is 22.4. The van der Waals surface area contributed by atoms with Crippen molar-refractivity contribution in [1.29, 1.82) is 0 Å². The molecule has 0 heterocycles. The van der Waals surface area contributed by atoms with E-state index in [1.807, 2.05) is 25.1 Å². The van der Waals surface area contributed by atoms with Crippen molar-refractivity contribution in [3.8, 4) is 5.75 Å². The third-order valence-electron chi connectivity index (χ3n) is 4.90. The first-order valence-electron chi connectivity index (χ1n) is 10.0. The molecule has 0 fully saturated rings. The summed E-state index contributed by atoms with van der Waals surface area (Å²) >= 11 is 0. The van der Waals surface area contributed by atoms with Gasteiger partial charge in [-0.2, -0.15) is 0 Å². The Balaban J connectivity index is 1.65. The Morgan fingerprint density at radius 1 is 0.968 bits per heavy atom. The van der Waals surface area contributed by atoms with Gasteiger partial charge in [-0.1, -0.05) is 30.3 Å². The standard InChI is InChI=1S/C24H26N2O4S/c1-17-5-3-7-20(15-17)26-31(29,30)22-13-8-18(2)23(16-22)24(28)25-14-4-6-19-9-11-21(27)12-10-19/h3,5,7-13,15-16,26-27H,4,6,14H2,1-2H3,(H,25,28). The second-order valence-electron chi connectivity index (χ2n) is 7.48. The first-order valence-corrected chi connectivity index (χ1v) is 11.5. The molecule has 3 aromatic carbocycles. The summed E-state index contributed by atoms with van der Waals surface area (Å²) in [6, 6.07) is 18.6. The summed E-state index contributed by atoms with van der Waals surface area (Å²) in [5.74, 6) is -0.0879. The van der Waals surface area contributed by atoms with Crippen LogP contribution in [0.3, 0.4) is 0 Å². The summed E-state index contributed by atoms with van der Waals surface area (Å²) in [4.78, 5) is 12.7. The lowest BCUT2D eigenvalue weighted by Crippen LogP contribution is -2.26. The third-order valence-corrected chi connectivity index (χ3v) is 6.28. The van der Waals surface area contributed by atoms with Crippen LogP contribution < -0.4 is 10.0 Å². The molecule has 162 valence electrons. The number of amides is 1. The number of rotatable bonds is 8. The highest BCUT2D eigenvalue weighted by molar-refractivity contribution is 7.92. The van der Waals surface area contributed by atoms with Crippen LogP contribution in [0, 0.1) is 13.8 Å². The van der Waals surface area contributed by atoms with E-state index in [1.165, 1.54) is 12.1 Å². The Hall–Kier alpha value is -3.32. The van der Waals surface area contributed by atoms with Crippen LogP contribution in [0.4, 0.5) is 5.69 Å². The number of phenols is 1. The minimum absolute atomic E-state index is 0.0360. The fourth-order valence-electron chi connectivity index (χ4n) is 3.19. The fraction of sp³-hybridized carbons (Fsp3) is 0.208. The van der Waals surface area contributed by atoms with Crippen LogP contribution in [0.1, 0.15) is 33.5 Å². The van der Waals surface area contributed by atoms with Crippen molar-refractivity contribution in [3.63, 3.8) is 0 Å². The van der Waals surface area contributed by atoms with Crippen molar-refractivity contribution in [1.82, 2.24) is 5.32 Å². The molecule has 3 aromatic rings. The zero-order chi connectivity index (χ0) is 22.4. The molecule has 31 heavy (non-hydrogen) atoms. The smallest absolute Gasteiger partial charge is 0.261 e. The molecule has 0 unspecified atom stereocenters. The molecule has 0 spiro atoms. The van der Waals surface area contributed by atoms with Crippen LogP contribution in [0.15, 0.2) is 71.6 Å². The molecule has 3 rings (SSSR count). The fourth-order valence-corrected chi connectivity index (χ4v) is 4.26. The maximum absolute atomic E-state index is 12.8. The highest BCUT2D eigenvalue weighted by Gasteiger charge is 2.18. The van der Waals surface area contributed by atoms with Crippen molar-refractivity contribution in [2.75, 3.05) is 11.3 Å². The summed E-state index contributed by atoms with van der Waals surface area (Å²) in [7, 11) is -3.82. The molecule has 0 saturated heterocycles. The molecule has 0 aliphatic heterocycles. The zero-order valence-corrected chi connectivity index (χ0v) is 18.4. The first-order chi connectivity index (χ1) is 14.7. The Morgan fingerprint density at radius 3 is 2.42 bits per heavy atom. The molecule has 0 atom stereocenters. The number of aryl methyl sites for hydroxylation is 3. The minimum atomic E-state index is -3.82. The van der Waals surface area contributed by atoms with Crippen LogP contribution in [0.2, 0.25) is 0 Å². The Morgan fingerprint density at radius 2 is 1.71 bits per heavy atom. The minimum Gasteiger partial charge on any atom is -0.508 e. The summed E-state index contributed by atoms with van der Waals surface area (Å²) in [5, 5.41) is 12.2. The molecule has 3 N–H and O–H groups in total. The number of aromatic hydroxyl groups is 1. The third kappa shape index (κ3) is 6.08. The van der Waals surface area contributed by atoms with Crippen LogP contribution in [-0.4, -0.2) is 26.0 Å². The molecular weight excluding hydrogens is 412 g/mol. The van der Waals surface area contributed by atoms with E-state index in [0.29, 0.717) is 23.4 Å². The average Bonchev–Trinajstić information content (AvgIpc) is 2.72. The SMILES string of the molecule is Cc1cccc(NS(=O)(=O)c2ccc(C)c(C(=O)NCCCc3ccc(O)cc3)c2)c1. The summed E-state index contributed by atoms with van der Waals surface area (Å²) in [6.07, 6.45) is 1.48. The van der Waals surface area contributed by atoms with Crippen LogP contribution in [-0.2, 0) is 16.4 Å². The highest BCUT2D eigenvalue weighted by Crippen LogP contribution is 2.20. The largest absolute Gasteiger partial charge is 0.508 e. The van der Waals surface area contributed by atoms with Crippen molar-refractivity contribution < 1.29 is 18.3 Å². The van der Waals surface area contributed by atoms with Gasteiger partial charge >= 0.3 is 0 Å². The summed E-state index contributed by atoms with van der Waals surface area (Å²) < 4.78 is 28.1. The number of sulfonamides is 1. The van der Waals surface area contributed by atoms with Gasteiger partial charge in [0.05, 0.1) is 4.90 Å². The van der Waals surface area contributed by atoms with E-state index >= 15 is 0 Å². The van der Waals surface area contributed by atoms with Crippen molar-refractivity contribution >= 4 is 21.6 Å². The van der Waals surface area contributed by atoms with Crippen molar-refractivity contribution in [2.24, 2.45) is 0 Å². The van der Waals surface area contributed by atoms with E-state index in [9.17, 15) is 18.3 Å². The normalized spacial score (nSPS) is 11.2. The lowest BCUT2D eigenvalue weighted by molar-refractivity contribution is 0.0952. The molecule has 0 aliphatic carbocycles. The predicted molar refractivity (Wildman–Crippen MR) is 122 cm³/mol. The van der Waals surface area contributed by atoms with Gasteiger partial charge in [-0.25, -0.2) is 8.42 Å². The van der Waals surface area contributed by atoms with Gasteiger partial charge < -0.3 is 10.4 Å². The van der Waals surface area contributed by atoms with Gasteiger partial charge in [-0.3, -0.25) is 9.52 Å². The summed E-state index contributed by atoms with van der Waals surface area (Å²) in [6.45, 7) is 4.11. The molecule has 0 aliphatic rings. The number of benzene rings is 3. The molecule has 0 saturated carbocycles. The van der Waals surface area contributed by atoms with Gasteiger partial charge in [0.2, 0.25) is 0 Å². The number of carbonyl (C=O) groups is 1. The Kier molecular flexibility index (Phi) is 6.97. The van der Waals surface area contributed by atoms with Gasteiger partial charge in [0, 0.05) is 17.8 Å². The number of carbonyl (C=O) groups excluding carboxylic acids is 1. The zero-order valence-electron chi connectivity index (χ0n) is 17.6. The molecule has 6 nitrogen and oxygen atoms in total. The van der Waals surface area contributed by atoms with Crippen LogP contribution in [0.5, 0.6) is 5.75 Å². The molecule has 7 heteroatoms.